The highest BCUT2D eigenvalue weighted by atomic mass is 32.1. The Kier molecular flexibility index (Phi) is 2.73. The molecule has 0 spiro atoms. The van der Waals surface area contributed by atoms with E-state index < -0.39 is 0 Å². The smallest absolute Gasteiger partial charge is 0.205 e. The van der Waals surface area contributed by atoms with Crippen LogP contribution in [0.2, 0.25) is 0 Å². The number of carbonyl (C=O) groups is 1. The summed E-state index contributed by atoms with van der Waals surface area (Å²) in [6.45, 7) is 0.438. The molecule has 0 aromatic carbocycles. The zero-order valence-corrected chi connectivity index (χ0v) is 7.39. The predicted molar refractivity (Wildman–Crippen MR) is 45.0 cm³/mol. The van der Waals surface area contributed by atoms with E-state index in [9.17, 15) is 4.79 Å². The molecule has 0 aliphatic rings. The Hall–Kier alpha value is -0.740. The molecule has 1 rings (SSSR count). The molecule has 1 aromatic rings. The summed E-state index contributed by atoms with van der Waals surface area (Å²) >= 11 is 1.39. The van der Waals surface area contributed by atoms with Crippen LogP contribution in [0, 0.1) is 0 Å². The molecule has 0 aliphatic carbocycles. The van der Waals surface area contributed by atoms with E-state index in [1.165, 1.54) is 11.3 Å². The van der Waals surface area contributed by atoms with Gasteiger partial charge in [0.1, 0.15) is 0 Å². The Labute approximate surface area is 69.7 Å². The summed E-state index contributed by atoms with van der Waals surface area (Å²) in [6, 6.07) is 0. The van der Waals surface area contributed by atoms with Gasteiger partial charge in [-0.05, 0) is 14.1 Å². The maximum Gasteiger partial charge on any atom is 0.205 e. The first-order chi connectivity index (χ1) is 5.20. The van der Waals surface area contributed by atoms with Gasteiger partial charge in [0.05, 0.1) is 6.54 Å². The third-order valence-electron chi connectivity index (χ3n) is 1.13. The van der Waals surface area contributed by atoms with Crippen LogP contribution in [0.15, 0.2) is 11.6 Å². The highest BCUT2D eigenvalue weighted by Crippen LogP contribution is 2.04. The second-order valence-corrected chi connectivity index (χ2v) is 3.39. The molecular formula is C7H10N2OS. The summed E-state index contributed by atoms with van der Waals surface area (Å²) in [5, 5.41) is 2.40. The Morgan fingerprint density at radius 1 is 1.73 bits per heavy atom. The van der Waals surface area contributed by atoms with Crippen molar-refractivity contribution in [1.82, 2.24) is 9.88 Å². The molecule has 3 nitrogen and oxygen atoms in total. The van der Waals surface area contributed by atoms with Gasteiger partial charge in [-0.2, -0.15) is 0 Å². The van der Waals surface area contributed by atoms with Gasteiger partial charge in [-0.15, -0.1) is 11.3 Å². The van der Waals surface area contributed by atoms with E-state index in [0.29, 0.717) is 11.6 Å². The fourth-order valence-electron chi connectivity index (χ4n) is 0.716. The Bertz CT molecular complexity index is 231. The van der Waals surface area contributed by atoms with Gasteiger partial charge in [0.15, 0.2) is 5.01 Å². The number of carbonyl (C=O) groups excluding carboxylic acids is 1. The van der Waals surface area contributed by atoms with Gasteiger partial charge in [0.2, 0.25) is 5.78 Å². The van der Waals surface area contributed by atoms with Crippen LogP contribution < -0.4 is 0 Å². The Morgan fingerprint density at radius 2 is 2.45 bits per heavy atom. The zero-order valence-electron chi connectivity index (χ0n) is 6.57. The molecule has 0 aliphatic heterocycles. The van der Waals surface area contributed by atoms with Crippen molar-refractivity contribution in [1.29, 1.82) is 0 Å². The molecule has 11 heavy (non-hydrogen) atoms. The highest BCUT2D eigenvalue weighted by molar-refractivity contribution is 7.11. The number of hydrogen-bond acceptors (Lipinski definition) is 4. The van der Waals surface area contributed by atoms with E-state index in [-0.39, 0.29) is 5.78 Å². The van der Waals surface area contributed by atoms with E-state index in [4.69, 9.17) is 0 Å². The molecule has 0 N–H and O–H groups in total. The molecule has 0 saturated carbocycles. The van der Waals surface area contributed by atoms with Gasteiger partial charge in [-0.1, -0.05) is 0 Å². The lowest BCUT2D eigenvalue weighted by atomic mass is 10.4. The topological polar surface area (TPSA) is 33.2 Å². The van der Waals surface area contributed by atoms with Crippen LogP contribution in [0.25, 0.3) is 0 Å². The quantitative estimate of drug-likeness (QED) is 0.631. The van der Waals surface area contributed by atoms with Gasteiger partial charge >= 0.3 is 0 Å². The lowest BCUT2D eigenvalue weighted by Crippen LogP contribution is -2.21. The van der Waals surface area contributed by atoms with Crippen molar-refractivity contribution in [3.05, 3.63) is 16.6 Å². The van der Waals surface area contributed by atoms with Crippen LogP contribution >= 0.6 is 11.3 Å². The number of nitrogens with zero attached hydrogens (tertiary/aromatic N) is 2. The molecule has 0 radical (unpaired) electrons. The Balaban J connectivity index is 2.57. The maximum absolute atomic E-state index is 11.2. The van der Waals surface area contributed by atoms with Crippen molar-refractivity contribution in [3.8, 4) is 0 Å². The van der Waals surface area contributed by atoms with Gasteiger partial charge < -0.3 is 4.90 Å². The molecule has 1 aromatic heterocycles. The van der Waals surface area contributed by atoms with Gasteiger partial charge in [-0.25, -0.2) is 4.98 Å². The molecule has 0 bridgehead atoms. The van der Waals surface area contributed by atoms with Crippen molar-refractivity contribution >= 4 is 17.1 Å². The summed E-state index contributed by atoms with van der Waals surface area (Å²) in [6.07, 6.45) is 1.65. The minimum atomic E-state index is 0.0880. The van der Waals surface area contributed by atoms with Crippen LogP contribution in [0.3, 0.4) is 0 Å². The SMILES string of the molecule is CN(C)CC(=O)c1nccs1. The number of Topliss-reactive ketones (excluding diaryl/α,β-unsaturated/α-hetero) is 1. The first-order valence-electron chi connectivity index (χ1n) is 3.27. The summed E-state index contributed by atoms with van der Waals surface area (Å²) in [5.41, 5.74) is 0. The number of ketones is 1. The second-order valence-electron chi connectivity index (χ2n) is 2.50. The number of aromatic nitrogens is 1. The highest BCUT2D eigenvalue weighted by Gasteiger charge is 2.08. The number of hydrogen-bond donors (Lipinski definition) is 0. The molecule has 60 valence electrons. The monoisotopic (exact) mass is 170 g/mol. The molecule has 4 heteroatoms. The molecular weight excluding hydrogens is 160 g/mol. The largest absolute Gasteiger partial charge is 0.302 e. The van der Waals surface area contributed by atoms with Gasteiger partial charge in [0, 0.05) is 11.6 Å². The number of likely N-dealkylation sites (N-methyl/N-ethyl adjacent to an activating group) is 1. The third kappa shape index (κ3) is 2.40. The third-order valence-corrected chi connectivity index (χ3v) is 1.94. The average Bonchev–Trinajstić information content (AvgIpc) is 2.35. The molecule has 0 fully saturated rings. The molecule has 0 saturated heterocycles. The number of rotatable bonds is 3. The average molecular weight is 170 g/mol. The van der Waals surface area contributed by atoms with E-state index in [1.807, 2.05) is 24.4 Å². The molecule has 0 atom stereocenters. The molecule has 0 unspecified atom stereocenters. The lowest BCUT2D eigenvalue weighted by Gasteiger charge is -2.05. The van der Waals surface area contributed by atoms with E-state index in [2.05, 4.69) is 4.98 Å². The summed E-state index contributed by atoms with van der Waals surface area (Å²) in [4.78, 5) is 17.0. The minimum absolute atomic E-state index is 0.0880. The van der Waals surface area contributed by atoms with Crippen molar-refractivity contribution in [2.45, 2.75) is 0 Å². The van der Waals surface area contributed by atoms with Crippen LogP contribution in [0.4, 0.5) is 0 Å². The summed E-state index contributed by atoms with van der Waals surface area (Å²) in [7, 11) is 3.73. The van der Waals surface area contributed by atoms with Crippen LogP contribution in [0.1, 0.15) is 9.80 Å². The fourth-order valence-corrected chi connectivity index (χ4v) is 1.28. The van der Waals surface area contributed by atoms with E-state index in [1.54, 1.807) is 6.20 Å². The van der Waals surface area contributed by atoms with Crippen LogP contribution in [-0.4, -0.2) is 36.3 Å². The lowest BCUT2D eigenvalue weighted by molar-refractivity contribution is 0.0957. The standard InChI is InChI=1S/C7H10N2OS/c1-9(2)5-6(10)7-8-3-4-11-7/h3-4H,5H2,1-2H3. The summed E-state index contributed by atoms with van der Waals surface area (Å²) < 4.78 is 0. The molecule has 1 heterocycles. The maximum atomic E-state index is 11.2. The van der Waals surface area contributed by atoms with Gasteiger partial charge in [-0.3, -0.25) is 4.79 Å². The zero-order chi connectivity index (χ0) is 8.27. The van der Waals surface area contributed by atoms with Crippen molar-refractivity contribution in [3.63, 3.8) is 0 Å². The van der Waals surface area contributed by atoms with Crippen LogP contribution in [0.5, 0.6) is 0 Å². The second kappa shape index (κ2) is 3.59. The fraction of sp³-hybridized carbons (Fsp3) is 0.429. The van der Waals surface area contributed by atoms with Crippen molar-refractivity contribution in [2.24, 2.45) is 0 Å². The summed E-state index contributed by atoms with van der Waals surface area (Å²) in [5.74, 6) is 0.0880. The number of thiazole rings is 1. The Morgan fingerprint density at radius 3 is 2.91 bits per heavy atom. The predicted octanol–water partition coefficient (Wildman–Crippen LogP) is 0.887. The minimum Gasteiger partial charge on any atom is -0.302 e. The normalized spacial score (nSPS) is 10.5. The van der Waals surface area contributed by atoms with Crippen LogP contribution in [-0.2, 0) is 0 Å². The van der Waals surface area contributed by atoms with Crippen molar-refractivity contribution < 1.29 is 4.79 Å². The van der Waals surface area contributed by atoms with Gasteiger partial charge in [0.25, 0.3) is 0 Å². The first-order valence-corrected chi connectivity index (χ1v) is 4.15. The molecule has 0 amide bonds. The van der Waals surface area contributed by atoms with E-state index >= 15 is 0 Å². The first kappa shape index (κ1) is 8.36. The van der Waals surface area contributed by atoms with Crippen molar-refractivity contribution in [2.75, 3.05) is 20.6 Å². The van der Waals surface area contributed by atoms with E-state index in [0.717, 1.165) is 0 Å².